The second kappa shape index (κ2) is 8.78. The van der Waals surface area contributed by atoms with Gasteiger partial charge in [-0.2, -0.15) is 0 Å². The highest BCUT2D eigenvalue weighted by atomic mass is 32.1. The maximum absolute atomic E-state index is 12.4. The molecule has 30 heavy (non-hydrogen) atoms. The van der Waals surface area contributed by atoms with Crippen LogP contribution in [-0.2, 0) is 0 Å². The lowest BCUT2D eigenvalue weighted by Crippen LogP contribution is -2.17. The number of aromatic nitrogens is 2. The van der Waals surface area contributed by atoms with E-state index in [1.54, 1.807) is 5.38 Å². The molecule has 156 valence electrons. The van der Waals surface area contributed by atoms with Crippen LogP contribution in [0.25, 0.3) is 0 Å². The van der Waals surface area contributed by atoms with Gasteiger partial charge in [-0.15, -0.1) is 24.5 Å². The Bertz CT molecular complexity index is 1060. The normalized spacial score (nSPS) is 11.5. The van der Waals surface area contributed by atoms with E-state index in [9.17, 15) is 22.8 Å². The van der Waals surface area contributed by atoms with Crippen molar-refractivity contribution >= 4 is 33.8 Å². The molecule has 3 rings (SSSR count). The minimum absolute atomic E-state index is 0.0199. The lowest BCUT2D eigenvalue weighted by molar-refractivity contribution is -0.274. The molecule has 0 fully saturated rings. The Morgan fingerprint density at radius 3 is 2.60 bits per heavy atom. The summed E-state index contributed by atoms with van der Waals surface area (Å²) >= 11 is 1.21. The number of ether oxygens (including phenoxy) is 1. The third kappa shape index (κ3) is 5.44. The molecule has 0 unspecified atom stereocenters. The number of alkyl halides is 3. The van der Waals surface area contributed by atoms with Crippen LogP contribution in [0.4, 0.5) is 24.0 Å². The first-order chi connectivity index (χ1) is 14.2. The predicted octanol–water partition coefficient (Wildman–Crippen LogP) is 4.40. The van der Waals surface area contributed by atoms with Gasteiger partial charge in [0, 0.05) is 29.5 Å². The van der Waals surface area contributed by atoms with E-state index in [2.05, 4.69) is 25.5 Å². The average Bonchev–Trinajstić information content (AvgIpc) is 3.31. The number of hydrogen-bond donors (Lipinski definition) is 2. The number of allylic oxidation sites excluding steroid dienone is 1. The van der Waals surface area contributed by atoms with Crippen molar-refractivity contribution in [3.8, 4) is 5.75 Å². The van der Waals surface area contributed by atoms with Gasteiger partial charge in [-0.25, -0.2) is 4.98 Å². The van der Waals surface area contributed by atoms with Crippen molar-refractivity contribution in [1.29, 1.82) is 0 Å². The van der Waals surface area contributed by atoms with Gasteiger partial charge >= 0.3 is 6.36 Å². The Balaban J connectivity index is 1.65. The smallest absolute Gasteiger partial charge is 0.406 e. The number of rotatable bonds is 7. The Hall–Kier alpha value is -3.67. The highest BCUT2D eigenvalue weighted by Gasteiger charge is 2.31. The molecule has 0 aliphatic heterocycles. The summed E-state index contributed by atoms with van der Waals surface area (Å²) in [6.07, 6.45) is -0.893. The quantitative estimate of drug-likeness (QED) is 0.416. The maximum atomic E-state index is 12.4. The van der Waals surface area contributed by atoms with E-state index >= 15 is 0 Å². The largest absolute Gasteiger partial charge is 0.573 e. The van der Waals surface area contributed by atoms with Gasteiger partial charge in [-0.05, 0) is 31.2 Å². The maximum Gasteiger partial charge on any atom is 0.573 e. The number of anilines is 2. The van der Waals surface area contributed by atoms with E-state index < -0.39 is 18.1 Å². The molecule has 0 saturated heterocycles. The molecule has 0 bridgehead atoms. The number of hydrogen-bond acceptors (Lipinski definition) is 8. The van der Waals surface area contributed by atoms with E-state index in [1.807, 2.05) is 0 Å². The van der Waals surface area contributed by atoms with Gasteiger partial charge in [0.15, 0.2) is 10.8 Å². The van der Waals surface area contributed by atoms with Gasteiger partial charge in [0.1, 0.15) is 17.1 Å². The van der Waals surface area contributed by atoms with Crippen LogP contribution in [-0.4, -0.2) is 28.2 Å². The summed E-state index contributed by atoms with van der Waals surface area (Å²) in [7, 11) is 0. The molecule has 2 heterocycles. The van der Waals surface area contributed by atoms with Crippen molar-refractivity contribution in [3.05, 3.63) is 65.1 Å². The summed E-state index contributed by atoms with van der Waals surface area (Å²) in [5, 5.41) is 10.9. The molecule has 1 aromatic carbocycles. The van der Waals surface area contributed by atoms with Crippen LogP contribution in [0, 0.1) is 6.92 Å². The number of carbonyl (C=O) groups excluding carboxylic acids is 2. The molecule has 0 radical (unpaired) electrons. The van der Waals surface area contributed by atoms with Gasteiger partial charge in [-0.3, -0.25) is 14.9 Å². The Labute approximate surface area is 171 Å². The average molecular weight is 438 g/mol. The first kappa shape index (κ1) is 21.0. The molecule has 3 aromatic rings. The second-order valence-electron chi connectivity index (χ2n) is 5.67. The van der Waals surface area contributed by atoms with Crippen LogP contribution in [0.2, 0.25) is 0 Å². The third-order valence-corrected chi connectivity index (χ3v) is 4.24. The van der Waals surface area contributed by atoms with Crippen molar-refractivity contribution < 1.29 is 32.0 Å². The van der Waals surface area contributed by atoms with Crippen molar-refractivity contribution in [1.82, 2.24) is 10.1 Å². The van der Waals surface area contributed by atoms with Gasteiger partial charge in [0.05, 0.1) is 0 Å². The molecule has 0 aliphatic rings. The zero-order chi connectivity index (χ0) is 21.7. The molecule has 0 aliphatic carbocycles. The lowest BCUT2D eigenvalue weighted by atomic mass is 10.1. The predicted molar refractivity (Wildman–Crippen MR) is 102 cm³/mol. The second-order valence-corrected chi connectivity index (χ2v) is 6.56. The van der Waals surface area contributed by atoms with Crippen LogP contribution in [0.5, 0.6) is 5.75 Å². The van der Waals surface area contributed by atoms with Crippen LogP contribution in [0.3, 0.4) is 0 Å². The summed E-state index contributed by atoms with van der Waals surface area (Å²) < 4.78 is 45.2. The minimum Gasteiger partial charge on any atom is -0.406 e. The number of aryl methyl sites for hydroxylation is 1. The Morgan fingerprint density at radius 2 is 1.97 bits per heavy atom. The van der Waals surface area contributed by atoms with E-state index in [1.165, 1.54) is 42.8 Å². The summed E-state index contributed by atoms with van der Waals surface area (Å²) in [6.45, 7) is 1.49. The molecule has 0 saturated carbocycles. The highest BCUT2D eigenvalue weighted by molar-refractivity contribution is 7.13. The van der Waals surface area contributed by atoms with E-state index in [4.69, 9.17) is 4.52 Å². The summed E-state index contributed by atoms with van der Waals surface area (Å²) in [6, 6.07) is 4.91. The summed E-state index contributed by atoms with van der Waals surface area (Å²) in [5.74, 6) is -1.41. The first-order valence-corrected chi connectivity index (χ1v) is 9.11. The number of thiazole rings is 1. The highest BCUT2D eigenvalue weighted by Crippen LogP contribution is 2.24. The number of nitrogens with one attached hydrogen (secondary N) is 2. The SMILES string of the molecule is Cc1onc(C(=O)/C=C/Nc2ccc(OC(F)(F)F)cc2)c1C(=O)Nc1nccs1. The number of halogens is 3. The summed E-state index contributed by atoms with van der Waals surface area (Å²) in [5.41, 5.74) is 0.202. The van der Waals surface area contributed by atoms with Gasteiger partial charge < -0.3 is 14.6 Å². The number of ketones is 1. The van der Waals surface area contributed by atoms with Crippen molar-refractivity contribution in [2.24, 2.45) is 0 Å². The zero-order valence-electron chi connectivity index (χ0n) is 15.2. The van der Waals surface area contributed by atoms with Crippen LogP contribution < -0.4 is 15.4 Å². The van der Waals surface area contributed by atoms with Crippen LogP contribution in [0.1, 0.15) is 26.6 Å². The fourth-order valence-electron chi connectivity index (χ4n) is 2.30. The molecule has 1 amide bonds. The minimum atomic E-state index is -4.78. The molecule has 8 nitrogen and oxygen atoms in total. The lowest BCUT2D eigenvalue weighted by Gasteiger charge is -2.09. The van der Waals surface area contributed by atoms with Crippen molar-refractivity contribution in [3.63, 3.8) is 0 Å². The van der Waals surface area contributed by atoms with E-state index in [0.29, 0.717) is 10.8 Å². The fraction of sp³-hybridized carbons (Fsp3) is 0.111. The van der Waals surface area contributed by atoms with E-state index in [-0.39, 0.29) is 22.8 Å². The molecule has 2 aromatic heterocycles. The molecular weight excluding hydrogens is 425 g/mol. The number of amides is 1. The molecule has 12 heteroatoms. The van der Waals surface area contributed by atoms with Crippen LogP contribution in [0.15, 0.2) is 52.6 Å². The van der Waals surface area contributed by atoms with E-state index in [0.717, 1.165) is 18.2 Å². The Kier molecular flexibility index (Phi) is 6.16. The van der Waals surface area contributed by atoms with Crippen LogP contribution >= 0.6 is 11.3 Å². The van der Waals surface area contributed by atoms with Crippen molar-refractivity contribution in [2.75, 3.05) is 10.6 Å². The fourth-order valence-corrected chi connectivity index (χ4v) is 2.82. The molecular formula is C18H13F3N4O4S. The van der Waals surface area contributed by atoms with Gasteiger partial charge in [0.25, 0.3) is 5.91 Å². The van der Waals surface area contributed by atoms with Gasteiger partial charge in [0.2, 0.25) is 5.78 Å². The number of nitrogens with zero attached hydrogens (tertiary/aromatic N) is 2. The first-order valence-electron chi connectivity index (χ1n) is 8.23. The number of carbonyl (C=O) groups is 2. The zero-order valence-corrected chi connectivity index (χ0v) is 16.0. The topological polar surface area (TPSA) is 106 Å². The Morgan fingerprint density at radius 1 is 1.23 bits per heavy atom. The third-order valence-electron chi connectivity index (χ3n) is 3.55. The summed E-state index contributed by atoms with van der Waals surface area (Å²) in [4.78, 5) is 28.8. The standard InChI is InChI=1S/C18H13F3N4O4S/c1-10-14(16(27)24-17-23-8-9-30-17)15(25-29-10)13(26)6-7-22-11-2-4-12(5-3-11)28-18(19,20)21/h2-9,22H,1H3,(H,23,24,27)/b7-6+. The molecule has 0 spiro atoms. The van der Waals surface area contributed by atoms with Gasteiger partial charge in [-0.1, -0.05) is 5.16 Å². The molecule has 2 N–H and O–H groups in total. The molecule has 0 atom stereocenters. The monoisotopic (exact) mass is 438 g/mol. The number of benzene rings is 1. The van der Waals surface area contributed by atoms with Crippen molar-refractivity contribution in [2.45, 2.75) is 13.3 Å².